The molecule has 122 valence electrons. The summed E-state index contributed by atoms with van der Waals surface area (Å²) in [5, 5.41) is 0. The first-order valence-corrected chi connectivity index (χ1v) is 7.76. The molecule has 0 aromatic carbocycles. The van der Waals surface area contributed by atoms with E-state index in [2.05, 4.69) is 37.5 Å². The maximum atomic E-state index is 6.01. The highest BCUT2D eigenvalue weighted by atomic mass is 16.7. The van der Waals surface area contributed by atoms with Crippen LogP contribution in [0, 0.1) is 0 Å². The summed E-state index contributed by atoms with van der Waals surface area (Å²) in [5.74, 6) is 0. The summed E-state index contributed by atoms with van der Waals surface area (Å²) in [7, 11) is 3.34. The average Bonchev–Trinajstić information content (AvgIpc) is 2.48. The molecule has 0 amide bonds. The number of methoxy groups -OCH3 is 2. The van der Waals surface area contributed by atoms with E-state index in [1.54, 1.807) is 14.2 Å². The second-order valence-corrected chi connectivity index (χ2v) is 5.32. The second kappa shape index (κ2) is 10.5. The molecule has 0 radical (unpaired) electrons. The number of hydrogen-bond donors (Lipinski definition) is 1. The van der Waals surface area contributed by atoms with Crippen LogP contribution in [0.4, 0.5) is 0 Å². The minimum Gasteiger partial charge on any atom is -0.354 e. The van der Waals surface area contributed by atoms with Crippen LogP contribution in [0.15, 0.2) is 0 Å². The van der Waals surface area contributed by atoms with Crippen LogP contribution in [-0.4, -0.2) is 75.1 Å². The van der Waals surface area contributed by atoms with E-state index in [4.69, 9.17) is 15.2 Å². The minimum absolute atomic E-state index is 0.290. The van der Waals surface area contributed by atoms with E-state index in [9.17, 15) is 0 Å². The number of likely N-dealkylation sites (N-methyl/N-ethyl adjacent to an activating group) is 1. The Morgan fingerprint density at radius 3 is 1.90 bits per heavy atom. The van der Waals surface area contributed by atoms with Crippen molar-refractivity contribution in [1.29, 1.82) is 0 Å². The Labute approximate surface area is 125 Å². The Bertz CT molecular complexity index is 233. The summed E-state index contributed by atoms with van der Waals surface area (Å²) in [4.78, 5) is 4.81. The summed E-state index contributed by atoms with van der Waals surface area (Å²) in [6.45, 7) is 14.5. The Kier molecular flexibility index (Phi) is 10.4. The topological polar surface area (TPSA) is 51.0 Å². The van der Waals surface area contributed by atoms with Crippen molar-refractivity contribution in [3.8, 4) is 0 Å². The Morgan fingerprint density at radius 2 is 1.55 bits per heavy atom. The first-order valence-electron chi connectivity index (χ1n) is 7.76. The molecule has 1 atom stereocenters. The number of nitrogens with zero attached hydrogens (tertiary/aromatic N) is 2. The maximum Gasteiger partial charge on any atom is 0.176 e. The van der Waals surface area contributed by atoms with Gasteiger partial charge in [0.05, 0.1) is 5.54 Å². The molecule has 0 saturated carbocycles. The van der Waals surface area contributed by atoms with Crippen molar-refractivity contribution in [3.05, 3.63) is 0 Å². The molecule has 2 N–H and O–H groups in total. The summed E-state index contributed by atoms with van der Waals surface area (Å²) >= 11 is 0. The number of ether oxygens (including phenoxy) is 2. The SMILES string of the molecule is CCN(CC)CCCN(CC)C(C)(CN)C(OC)OC. The van der Waals surface area contributed by atoms with Gasteiger partial charge in [-0.05, 0) is 39.5 Å². The molecular formula is C15H35N3O2. The Morgan fingerprint density at radius 1 is 1.00 bits per heavy atom. The maximum absolute atomic E-state index is 6.01. The van der Waals surface area contributed by atoms with Gasteiger partial charge in [0, 0.05) is 27.3 Å². The lowest BCUT2D eigenvalue weighted by atomic mass is 9.98. The number of nitrogens with two attached hydrogens (primary N) is 1. The van der Waals surface area contributed by atoms with Gasteiger partial charge in [0.25, 0.3) is 0 Å². The van der Waals surface area contributed by atoms with E-state index in [-0.39, 0.29) is 11.8 Å². The van der Waals surface area contributed by atoms with Gasteiger partial charge in [-0.2, -0.15) is 0 Å². The van der Waals surface area contributed by atoms with Crippen molar-refractivity contribution < 1.29 is 9.47 Å². The summed E-state index contributed by atoms with van der Waals surface area (Å²) in [6, 6.07) is 0. The zero-order chi connectivity index (χ0) is 15.6. The molecule has 20 heavy (non-hydrogen) atoms. The molecule has 0 bridgehead atoms. The second-order valence-electron chi connectivity index (χ2n) is 5.32. The van der Waals surface area contributed by atoms with Crippen LogP contribution in [0.3, 0.4) is 0 Å². The molecular weight excluding hydrogens is 254 g/mol. The van der Waals surface area contributed by atoms with Crippen molar-refractivity contribution in [2.45, 2.75) is 45.9 Å². The van der Waals surface area contributed by atoms with Crippen molar-refractivity contribution in [1.82, 2.24) is 9.80 Å². The lowest BCUT2D eigenvalue weighted by Gasteiger charge is -2.44. The van der Waals surface area contributed by atoms with Gasteiger partial charge in [0.15, 0.2) is 6.29 Å². The average molecular weight is 289 g/mol. The number of rotatable bonds is 12. The fourth-order valence-corrected chi connectivity index (χ4v) is 2.78. The van der Waals surface area contributed by atoms with E-state index in [1.165, 1.54) is 0 Å². The van der Waals surface area contributed by atoms with Gasteiger partial charge < -0.3 is 20.1 Å². The van der Waals surface area contributed by atoms with E-state index in [0.717, 1.165) is 39.1 Å². The molecule has 0 rings (SSSR count). The molecule has 5 heteroatoms. The summed E-state index contributed by atoms with van der Waals surface area (Å²) < 4.78 is 10.9. The van der Waals surface area contributed by atoms with Crippen LogP contribution >= 0.6 is 0 Å². The third-order valence-corrected chi connectivity index (χ3v) is 4.25. The van der Waals surface area contributed by atoms with E-state index in [0.29, 0.717) is 6.54 Å². The van der Waals surface area contributed by atoms with Gasteiger partial charge in [-0.1, -0.05) is 20.8 Å². The first-order chi connectivity index (χ1) is 9.53. The van der Waals surface area contributed by atoms with Crippen LogP contribution in [0.1, 0.15) is 34.1 Å². The van der Waals surface area contributed by atoms with Gasteiger partial charge >= 0.3 is 0 Å². The molecule has 0 heterocycles. The lowest BCUT2D eigenvalue weighted by molar-refractivity contribution is -0.180. The highest BCUT2D eigenvalue weighted by Crippen LogP contribution is 2.21. The van der Waals surface area contributed by atoms with Crippen LogP contribution in [0.2, 0.25) is 0 Å². The first kappa shape index (κ1) is 19.8. The van der Waals surface area contributed by atoms with Gasteiger partial charge in [0.2, 0.25) is 0 Å². The standard InChI is InChI=1S/C15H35N3O2/c1-7-17(8-2)11-10-12-18(9-3)15(4,13-16)14(19-5)20-6/h14H,7-13,16H2,1-6H3. The molecule has 0 fully saturated rings. The molecule has 0 aromatic heterocycles. The molecule has 0 aliphatic heterocycles. The number of hydrogen-bond acceptors (Lipinski definition) is 5. The molecule has 0 spiro atoms. The molecule has 1 unspecified atom stereocenters. The van der Waals surface area contributed by atoms with Crippen molar-refractivity contribution in [3.63, 3.8) is 0 Å². The third kappa shape index (κ3) is 5.30. The zero-order valence-electron chi connectivity index (χ0n) is 14.3. The van der Waals surface area contributed by atoms with Crippen molar-refractivity contribution in [2.24, 2.45) is 5.73 Å². The van der Waals surface area contributed by atoms with Crippen molar-refractivity contribution in [2.75, 3.05) is 53.5 Å². The molecule has 5 nitrogen and oxygen atoms in total. The summed E-state index contributed by atoms with van der Waals surface area (Å²) in [5.41, 5.74) is 5.72. The molecule has 0 aliphatic rings. The van der Waals surface area contributed by atoms with Crippen LogP contribution in [-0.2, 0) is 9.47 Å². The van der Waals surface area contributed by atoms with Crippen LogP contribution in [0.25, 0.3) is 0 Å². The highest BCUT2D eigenvalue weighted by Gasteiger charge is 2.38. The van der Waals surface area contributed by atoms with Gasteiger partial charge in [0.1, 0.15) is 0 Å². The van der Waals surface area contributed by atoms with E-state index in [1.807, 2.05) is 0 Å². The predicted molar refractivity (Wildman–Crippen MR) is 84.9 cm³/mol. The van der Waals surface area contributed by atoms with Crippen LogP contribution < -0.4 is 5.73 Å². The fraction of sp³-hybridized carbons (Fsp3) is 1.00. The summed E-state index contributed by atoms with van der Waals surface area (Å²) in [6.07, 6.45) is 0.825. The quantitative estimate of drug-likeness (QED) is 0.550. The zero-order valence-corrected chi connectivity index (χ0v) is 14.3. The normalized spacial score (nSPS) is 15.3. The minimum atomic E-state index is -0.305. The van der Waals surface area contributed by atoms with Gasteiger partial charge in [-0.15, -0.1) is 0 Å². The smallest absolute Gasteiger partial charge is 0.176 e. The predicted octanol–water partition coefficient (Wildman–Crippen LogP) is 1.38. The van der Waals surface area contributed by atoms with Gasteiger partial charge in [-0.3, -0.25) is 4.90 Å². The van der Waals surface area contributed by atoms with E-state index >= 15 is 0 Å². The highest BCUT2D eigenvalue weighted by molar-refractivity contribution is 4.90. The largest absolute Gasteiger partial charge is 0.354 e. The van der Waals surface area contributed by atoms with Crippen LogP contribution in [0.5, 0.6) is 0 Å². The lowest BCUT2D eigenvalue weighted by Crippen LogP contribution is -2.60. The third-order valence-electron chi connectivity index (χ3n) is 4.25. The molecule has 0 saturated heterocycles. The Hall–Kier alpha value is -0.200. The van der Waals surface area contributed by atoms with Gasteiger partial charge in [-0.25, -0.2) is 0 Å². The monoisotopic (exact) mass is 289 g/mol. The Balaban J connectivity index is 4.61. The van der Waals surface area contributed by atoms with Crippen molar-refractivity contribution >= 4 is 0 Å². The fourth-order valence-electron chi connectivity index (χ4n) is 2.78. The van der Waals surface area contributed by atoms with E-state index < -0.39 is 0 Å². The molecule has 0 aromatic rings. The molecule has 0 aliphatic carbocycles.